The van der Waals surface area contributed by atoms with Crippen LogP contribution in [0.2, 0.25) is 0 Å². The van der Waals surface area contributed by atoms with Crippen molar-refractivity contribution in [3.63, 3.8) is 0 Å². The topological polar surface area (TPSA) is 41.5 Å². The van der Waals surface area contributed by atoms with Gasteiger partial charge in [0.05, 0.1) is 6.10 Å². The third-order valence-corrected chi connectivity index (χ3v) is 6.03. The van der Waals surface area contributed by atoms with Crippen LogP contribution < -0.4 is 5.32 Å². The Bertz CT molecular complexity index is 503. The molecule has 0 radical (unpaired) electrons. The minimum atomic E-state index is 0.369. The Morgan fingerprint density at radius 1 is 0.870 bits per heavy atom. The summed E-state index contributed by atoms with van der Waals surface area (Å²) in [4.78, 5) is 0. The number of phenolic OH excluding ortho intramolecular Hbond substituents is 1. The van der Waals surface area contributed by atoms with Crippen LogP contribution in [0.15, 0.2) is 24.3 Å². The minimum absolute atomic E-state index is 0.369. The largest absolute Gasteiger partial charge is 0.508 e. The van der Waals surface area contributed by atoms with Gasteiger partial charge in [0, 0.05) is 18.7 Å². The van der Waals surface area contributed by atoms with Crippen LogP contribution >= 0.6 is 0 Å². The van der Waals surface area contributed by atoms with Crippen LogP contribution in [0.4, 0.5) is 0 Å². The molecule has 3 fully saturated rings. The Labute approximate surface area is 139 Å². The van der Waals surface area contributed by atoms with E-state index in [4.69, 9.17) is 4.74 Å². The summed E-state index contributed by atoms with van der Waals surface area (Å²) in [7, 11) is 0. The van der Waals surface area contributed by atoms with E-state index in [0.717, 1.165) is 12.5 Å². The molecule has 1 saturated heterocycles. The average Bonchev–Trinajstić information content (AvgIpc) is 3.42. The molecule has 2 aliphatic carbocycles. The molecule has 0 amide bonds. The van der Waals surface area contributed by atoms with Crippen molar-refractivity contribution in [2.75, 3.05) is 6.61 Å². The van der Waals surface area contributed by atoms with Crippen molar-refractivity contribution in [3.8, 4) is 5.75 Å². The van der Waals surface area contributed by atoms with Crippen molar-refractivity contribution in [1.29, 1.82) is 0 Å². The summed E-state index contributed by atoms with van der Waals surface area (Å²) in [5, 5.41) is 13.4. The first-order valence-electron chi connectivity index (χ1n) is 9.44. The fourth-order valence-corrected chi connectivity index (χ4v) is 4.45. The molecule has 126 valence electrons. The molecule has 0 spiro atoms. The van der Waals surface area contributed by atoms with Crippen LogP contribution in [0.3, 0.4) is 0 Å². The maximum absolute atomic E-state index is 9.42. The Morgan fingerprint density at radius 3 is 2.30 bits per heavy atom. The highest BCUT2D eigenvalue weighted by Gasteiger charge is 2.36. The van der Waals surface area contributed by atoms with Gasteiger partial charge in [0.25, 0.3) is 0 Å². The Morgan fingerprint density at radius 2 is 1.61 bits per heavy atom. The van der Waals surface area contributed by atoms with Crippen LogP contribution in [0.5, 0.6) is 5.75 Å². The molecule has 4 rings (SSSR count). The zero-order valence-electron chi connectivity index (χ0n) is 13.9. The van der Waals surface area contributed by atoms with E-state index in [9.17, 15) is 5.11 Å². The van der Waals surface area contributed by atoms with Crippen molar-refractivity contribution in [2.45, 2.75) is 75.5 Å². The van der Waals surface area contributed by atoms with Crippen molar-refractivity contribution in [2.24, 2.45) is 5.92 Å². The molecule has 3 nitrogen and oxygen atoms in total. The highest BCUT2D eigenvalue weighted by Crippen LogP contribution is 2.39. The van der Waals surface area contributed by atoms with Gasteiger partial charge in [-0.3, -0.25) is 0 Å². The quantitative estimate of drug-likeness (QED) is 0.883. The lowest BCUT2D eigenvalue weighted by Crippen LogP contribution is -2.45. The smallest absolute Gasteiger partial charge is 0.115 e. The summed E-state index contributed by atoms with van der Waals surface area (Å²) in [6.07, 6.45) is 10.8. The van der Waals surface area contributed by atoms with Crippen molar-refractivity contribution >= 4 is 0 Å². The summed E-state index contributed by atoms with van der Waals surface area (Å²) >= 11 is 0. The second-order valence-electron chi connectivity index (χ2n) is 7.77. The summed E-state index contributed by atoms with van der Waals surface area (Å²) in [5.74, 6) is 1.90. The number of aromatic hydroxyl groups is 1. The molecule has 2 saturated carbocycles. The van der Waals surface area contributed by atoms with Crippen LogP contribution in [-0.2, 0) is 4.74 Å². The van der Waals surface area contributed by atoms with E-state index in [0.29, 0.717) is 29.9 Å². The predicted octanol–water partition coefficient (Wildman–Crippen LogP) is 3.97. The van der Waals surface area contributed by atoms with E-state index >= 15 is 0 Å². The Hall–Kier alpha value is -1.06. The maximum atomic E-state index is 9.42. The standard InChI is InChI=1S/C20H29NO2/c22-19-9-5-15(6-10-19)14-3-7-17(8-4-14)21-18-11-12-23-20(13-18)16-1-2-16/h5-6,9-10,14,16-18,20-22H,1-4,7-8,11-13H2/t14?,17?,18-,20+/m0/s1. The minimum Gasteiger partial charge on any atom is -0.508 e. The van der Waals surface area contributed by atoms with Gasteiger partial charge in [0.1, 0.15) is 5.75 Å². The summed E-state index contributed by atoms with van der Waals surface area (Å²) in [6, 6.07) is 9.18. The van der Waals surface area contributed by atoms with E-state index in [1.165, 1.54) is 56.9 Å². The molecule has 3 heteroatoms. The highest BCUT2D eigenvalue weighted by molar-refractivity contribution is 5.28. The number of hydrogen-bond acceptors (Lipinski definition) is 3. The van der Waals surface area contributed by atoms with Gasteiger partial charge in [-0.25, -0.2) is 0 Å². The van der Waals surface area contributed by atoms with Gasteiger partial charge in [-0.15, -0.1) is 0 Å². The molecule has 1 heterocycles. The molecule has 0 aromatic heterocycles. The molecule has 2 atom stereocenters. The molecule has 1 aromatic carbocycles. The van der Waals surface area contributed by atoms with E-state index in [1.54, 1.807) is 0 Å². The van der Waals surface area contributed by atoms with Crippen molar-refractivity contribution in [1.82, 2.24) is 5.32 Å². The molecule has 3 aliphatic rings. The number of ether oxygens (including phenoxy) is 1. The van der Waals surface area contributed by atoms with Gasteiger partial charge >= 0.3 is 0 Å². The monoisotopic (exact) mass is 315 g/mol. The molecule has 0 bridgehead atoms. The number of rotatable bonds is 4. The molecule has 0 unspecified atom stereocenters. The average molecular weight is 315 g/mol. The zero-order chi connectivity index (χ0) is 15.6. The summed E-state index contributed by atoms with van der Waals surface area (Å²) < 4.78 is 5.95. The van der Waals surface area contributed by atoms with Crippen LogP contribution in [0.1, 0.15) is 62.8 Å². The highest BCUT2D eigenvalue weighted by atomic mass is 16.5. The Kier molecular flexibility index (Phi) is 4.59. The summed E-state index contributed by atoms with van der Waals surface area (Å²) in [5.41, 5.74) is 1.39. The normalized spacial score (nSPS) is 35.1. The van der Waals surface area contributed by atoms with Crippen LogP contribution in [0.25, 0.3) is 0 Å². The van der Waals surface area contributed by atoms with Gasteiger partial charge in [-0.1, -0.05) is 12.1 Å². The zero-order valence-corrected chi connectivity index (χ0v) is 13.9. The van der Waals surface area contributed by atoms with Gasteiger partial charge in [-0.05, 0) is 80.9 Å². The molecular weight excluding hydrogens is 286 g/mol. The number of benzene rings is 1. The second-order valence-corrected chi connectivity index (χ2v) is 7.77. The fraction of sp³-hybridized carbons (Fsp3) is 0.700. The lowest BCUT2D eigenvalue weighted by Gasteiger charge is -2.36. The molecule has 1 aromatic rings. The van der Waals surface area contributed by atoms with Crippen molar-refractivity contribution in [3.05, 3.63) is 29.8 Å². The summed E-state index contributed by atoms with van der Waals surface area (Å²) in [6.45, 7) is 0.946. The number of phenols is 1. The molecule has 23 heavy (non-hydrogen) atoms. The van der Waals surface area contributed by atoms with E-state index in [-0.39, 0.29) is 0 Å². The molecular formula is C20H29NO2. The molecule has 2 N–H and O–H groups in total. The number of nitrogens with one attached hydrogen (secondary N) is 1. The first kappa shape index (κ1) is 15.5. The fourth-order valence-electron chi connectivity index (χ4n) is 4.45. The SMILES string of the molecule is Oc1ccc(C2CCC(N[C@H]3CCO[C@@H](C4CC4)C3)CC2)cc1. The Balaban J connectivity index is 1.25. The maximum Gasteiger partial charge on any atom is 0.115 e. The first-order valence-corrected chi connectivity index (χ1v) is 9.44. The lowest BCUT2D eigenvalue weighted by atomic mass is 9.81. The van der Waals surface area contributed by atoms with Gasteiger partial charge in [0.2, 0.25) is 0 Å². The number of hydrogen-bond donors (Lipinski definition) is 2. The third-order valence-electron chi connectivity index (χ3n) is 6.03. The van der Waals surface area contributed by atoms with Gasteiger partial charge in [-0.2, -0.15) is 0 Å². The van der Waals surface area contributed by atoms with Crippen LogP contribution in [-0.4, -0.2) is 29.9 Å². The van der Waals surface area contributed by atoms with Crippen LogP contribution in [0, 0.1) is 5.92 Å². The van der Waals surface area contributed by atoms with E-state index < -0.39 is 0 Å². The first-order chi connectivity index (χ1) is 11.3. The van der Waals surface area contributed by atoms with Gasteiger partial charge < -0.3 is 15.2 Å². The van der Waals surface area contributed by atoms with E-state index in [2.05, 4.69) is 17.4 Å². The predicted molar refractivity (Wildman–Crippen MR) is 91.7 cm³/mol. The molecule has 1 aliphatic heterocycles. The third kappa shape index (κ3) is 3.89. The van der Waals surface area contributed by atoms with E-state index in [1.807, 2.05) is 12.1 Å². The van der Waals surface area contributed by atoms with Gasteiger partial charge in [0.15, 0.2) is 0 Å². The second kappa shape index (κ2) is 6.82. The van der Waals surface area contributed by atoms with Crippen molar-refractivity contribution < 1.29 is 9.84 Å². The lowest BCUT2D eigenvalue weighted by molar-refractivity contribution is -0.0136.